The lowest BCUT2D eigenvalue weighted by Gasteiger charge is -2.28. The molecule has 10 nitrogen and oxygen atoms in total. The predicted octanol–water partition coefficient (Wildman–Crippen LogP) is 4.41. The lowest BCUT2D eigenvalue weighted by atomic mass is 10.1. The minimum atomic E-state index is -1.19. The maximum absolute atomic E-state index is 13.6. The fourth-order valence-corrected chi connectivity index (χ4v) is 4.66. The molecule has 1 heterocycles. The minimum Gasteiger partial charge on any atom is -0.497 e. The molecule has 0 aromatic heterocycles. The van der Waals surface area contributed by atoms with Gasteiger partial charge in [0.25, 0.3) is 0 Å². The Bertz CT molecular complexity index is 1160. The zero-order valence-electron chi connectivity index (χ0n) is 23.6. The zero-order chi connectivity index (χ0) is 29.0. The Morgan fingerprint density at radius 3 is 2.54 bits per heavy atom. The van der Waals surface area contributed by atoms with Crippen molar-refractivity contribution in [3.05, 3.63) is 42.5 Å². The van der Waals surface area contributed by atoms with Crippen LogP contribution in [0.25, 0.3) is 5.76 Å². The number of hydrogen-bond acceptors (Lipinski definition) is 8. The van der Waals surface area contributed by atoms with Crippen LogP contribution in [-0.2, 0) is 23.8 Å². The van der Waals surface area contributed by atoms with Crippen molar-refractivity contribution in [2.75, 3.05) is 20.3 Å². The second kappa shape index (κ2) is 11.9. The van der Waals surface area contributed by atoms with Gasteiger partial charge in [0.15, 0.2) is 0 Å². The molecule has 212 valence electrons. The Hall–Kier alpha value is -3.82. The van der Waals surface area contributed by atoms with Crippen LogP contribution in [0.15, 0.2) is 41.9 Å². The van der Waals surface area contributed by atoms with Crippen molar-refractivity contribution in [3.63, 3.8) is 0 Å². The summed E-state index contributed by atoms with van der Waals surface area (Å²) in [5, 5.41) is 2.85. The first kappa shape index (κ1) is 29.7. The first-order chi connectivity index (χ1) is 18.4. The van der Waals surface area contributed by atoms with Crippen LogP contribution in [0.5, 0.6) is 5.75 Å². The number of allylic oxidation sites excluding steroid dienone is 1. The number of ether oxygens (including phenoxy) is 4. The molecular formula is C29H39N3O7. The number of methoxy groups -OCH3 is 1. The molecule has 1 aromatic carbocycles. The fraction of sp³-hybridized carbons (Fsp3) is 0.517. The maximum atomic E-state index is 13.6. The Kier molecular flexibility index (Phi) is 9.09. The number of hydrogen-bond donors (Lipinski definition) is 1. The molecule has 1 saturated carbocycles. The van der Waals surface area contributed by atoms with Crippen molar-refractivity contribution in [1.29, 1.82) is 0 Å². The number of esters is 1. The smallest absolute Gasteiger partial charge is 0.411 e. The van der Waals surface area contributed by atoms with E-state index in [1.807, 2.05) is 13.0 Å². The maximum Gasteiger partial charge on any atom is 0.411 e. The van der Waals surface area contributed by atoms with Gasteiger partial charge >= 0.3 is 12.1 Å². The van der Waals surface area contributed by atoms with E-state index in [4.69, 9.17) is 18.9 Å². The summed E-state index contributed by atoms with van der Waals surface area (Å²) in [5.74, 6) is -0.105. The molecule has 1 aliphatic heterocycles. The summed E-state index contributed by atoms with van der Waals surface area (Å²) in [5.41, 5.74) is -0.692. The molecule has 39 heavy (non-hydrogen) atoms. The monoisotopic (exact) mass is 541 g/mol. The second-order valence-electron chi connectivity index (χ2n) is 10.5. The fourth-order valence-electron chi connectivity index (χ4n) is 4.66. The van der Waals surface area contributed by atoms with Crippen LogP contribution in [0, 0.1) is 5.92 Å². The molecule has 2 fully saturated rings. The largest absolute Gasteiger partial charge is 0.497 e. The molecule has 1 N–H and O–H groups in total. The topological polar surface area (TPSA) is 116 Å². The van der Waals surface area contributed by atoms with E-state index in [0.29, 0.717) is 29.2 Å². The van der Waals surface area contributed by atoms with E-state index in [9.17, 15) is 14.4 Å². The molecule has 1 saturated heterocycles. The molecule has 0 spiro atoms. The van der Waals surface area contributed by atoms with Crippen LogP contribution in [0.2, 0.25) is 0 Å². The van der Waals surface area contributed by atoms with Gasteiger partial charge in [-0.25, -0.2) is 9.59 Å². The Morgan fingerprint density at radius 1 is 1.28 bits per heavy atom. The SMILES string of the molecule is C=C[C@H]1C[C@@]1(NC(=O)[C@@H]1C[C@@H](O/C(=C/C)c2ccc(OC)cc2N=C)CN1C(=O)OC(C)(C)C)C(=O)OCC. The van der Waals surface area contributed by atoms with Gasteiger partial charge in [-0.15, -0.1) is 6.58 Å². The number of rotatable bonds is 10. The minimum absolute atomic E-state index is 0.106. The van der Waals surface area contributed by atoms with Gasteiger partial charge in [0.2, 0.25) is 5.91 Å². The lowest BCUT2D eigenvalue weighted by Crippen LogP contribution is -2.53. The molecule has 2 amide bonds. The standard InChI is InChI=1S/C29H39N3O7/c1-9-18-16-29(18,26(34)37-11-3)31-25(33)23-15-20(17-32(23)27(35)39-28(4,5)6)38-24(10-2)21-13-12-19(36-8)14-22(21)30-7/h9-10,12-14,18,20,23H,1,7,11,15-17H2,2-6,8H3,(H,31,33)/b24-10+/t18-,20+,23-,29-/m0/s1. The quantitative estimate of drug-likeness (QED) is 0.202. The van der Waals surface area contributed by atoms with E-state index in [-0.39, 0.29) is 25.5 Å². The lowest BCUT2D eigenvalue weighted by molar-refractivity contribution is -0.149. The van der Waals surface area contributed by atoms with Crippen molar-refractivity contribution < 1.29 is 33.3 Å². The van der Waals surface area contributed by atoms with E-state index in [0.717, 1.165) is 0 Å². The molecule has 0 unspecified atom stereocenters. The summed E-state index contributed by atoms with van der Waals surface area (Å²) >= 11 is 0. The van der Waals surface area contributed by atoms with Gasteiger partial charge in [-0.05, 0) is 66.0 Å². The van der Waals surface area contributed by atoms with E-state index in [2.05, 4.69) is 23.6 Å². The van der Waals surface area contributed by atoms with Crippen LogP contribution in [-0.4, -0.2) is 73.1 Å². The number of likely N-dealkylation sites (tertiary alicyclic amines) is 1. The van der Waals surface area contributed by atoms with Crippen molar-refractivity contribution in [2.24, 2.45) is 10.9 Å². The average Bonchev–Trinajstić information content (AvgIpc) is 3.44. The van der Waals surface area contributed by atoms with E-state index in [1.165, 1.54) is 4.90 Å². The van der Waals surface area contributed by atoms with Crippen LogP contribution >= 0.6 is 0 Å². The van der Waals surface area contributed by atoms with Crippen LogP contribution in [0.1, 0.15) is 53.0 Å². The van der Waals surface area contributed by atoms with Gasteiger partial charge < -0.3 is 24.3 Å². The van der Waals surface area contributed by atoms with E-state index < -0.39 is 41.3 Å². The number of carbonyl (C=O) groups is 3. The molecule has 1 aromatic rings. The highest BCUT2D eigenvalue weighted by molar-refractivity contribution is 5.95. The molecule has 2 aliphatic rings. The van der Waals surface area contributed by atoms with Crippen LogP contribution in [0.4, 0.5) is 10.5 Å². The first-order valence-corrected chi connectivity index (χ1v) is 13.0. The number of aliphatic imine (C=N–C) groups is 1. The van der Waals surface area contributed by atoms with Crippen molar-refractivity contribution in [1.82, 2.24) is 10.2 Å². The summed E-state index contributed by atoms with van der Waals surface area (Å²) in [7, 11) is 1.56. The third-order valence-electron chi connectivity index (χ3n) is 6.68. The van der Waals surface area contributed by atoms with Gasteiger partial charge in [0.1, 0.15) is 34.8 Å². The third-order valence-corrected chi connectivity index (χ3v) is 6.68. The second-order valence-corrected chi connectivity index (χ2v) is 10.5. The number of nitrogens with zero attached hydrogens (tertiary/aromatic N) is 2. The number of nitrogens with one attached hydrogen (secondary N) is 1. The van der Waals surface area contributed by atoms with Gasteiger partial charge in [0.05, 0.1) is 25.9 Å². The molecule has 0 radical (unpaired) electrons. The number of carbonyl (C=O) groups excluding carboxylic acids is 3. The highest BCUT2D eigenvalue weighted by atomic mass is 16.6. The van der Waals surface area contributed by atoms with Gasteiger partial charge in [-0.2, -0.15) is 0 Å². The molecule has 4 atom stereocenters. The Balaban J connectivity index is 1.86. The first-order valence-electron chi connectivity index (χ1n) is 13.0. The van der Waals surface area contributed by atoms with Crippen molar-refractivity contribution in [2.45, 2.75) is 70.7 Å². The van der Waals surface area contributed by atoms with Crippen LogP contribution < -0.4 is 10.1 Å². The average molecular weight is 542 g/mol. The highest BCUT2D eigenvalue weighted by Gasteiger charge is 2.62. The normalized spacial score (nSPS) is 24.4. The molecular weight excluding hydrogens is 502 g/mol. The summed E-state index contributed by atoms with van der Waals surface area (Å²) in [4.78, 5) is 44.9. The zero-order valence-corrected chi connectivity index (χ0v) is 23.6. The molecule has 10 heteroatoms. The van der Waals surface area contributed by atoms with E-state index in [1.54, 1.807) is 59.1 Å². The number of benzene rings is 1. The summed E-state index contributed by atoms with van der Waals surface area (Å²) in [6.07, 6.45) is 2.81. The van der Waals surface area contributed by atoms with Crippen LogP contribution in [0.3, 0.4) is 0 Å². The molecule has 0 bridgehead atoms. The van der Waals surface area contributed by atoms with Crippen molar-refractivity contribution in [3.8, 4) is 5.75 Å². The summed E-state index contributed by atoms with van der Waals surface area (Å²) in [6.45, 7) is 16.5. The number of amides is 2. The Morgan fingerprint density at radius 2 is 2.00 bits per heavy atom. The van der Waals surface area contributed by atoms with Gasteiger partial charge in [0, 0.05) is 24.0 Å². The molecule has 1 aliphatic carbocycles. The molecule has 3 rings (SSSR count). The summed E-state index contributed by atoms with van der Waals surface area (Å²) < 4.78 is 22.4. The van der Waals surface area contributed by atoms with Gasteiger partial charge in [-0.1, -0.05) is 6.08 Å². The van der Waals surface area contributed by atoms with E-state index >= 15 is 0 Å². The van der Waals surface area contributed by atoms with Gasteiger partial charge in [-0.3, -0.25) is 14.7 Å². The third kappa shape index (κ3) is 6.61. The highest BCUT2D eigenvalue weighted by Crippen LogP contribution is 2.46. The summed E-state index contributed by atoms with van der Waals surface area (Å²) in [6, 6.07) is 4.42. The Labute approximate surface area is 230 Å². The van der Waals surface area contributed by atoms with Crippen molar-refractivity contribution >= 4 is 36.1 Å². The predicted molar refractivity (Wildman–Crippen MR) is 148 cm³/mol.